The van der Waals surface area contributed by atoms with E-state index < -0.39 is 0 Å². The number of hydrogen-bond donors (Lipinski definition) is 4. The van der Waals surface area contributed by atoms with Gasteiger partial charge in [0, 0.05) is 11.1 Å². The summed E-state index contributed by atoms with van der Waals surface area (Å²) in [6, 6.07) is 15.5. The Labute approximate surface area is 169 Å². The third kappa shape index (κ3) is 3.26. The van der Waals surface area contributed by atoms with Gasteiger partial charge < -0.3 is 21.3 Å². The highest BCUT2D eigenvalue weighted by Gasteiger charge is 2.20. The van der Waals surface area contributed by atoms with Crippen LogP contribution < -0.4 is 11.1 Å². The van der Waals surface area contributed by atoms with E-state index in [1.54, 1.807) is 48.5 Å². The molecule has 0 saturated heterocycles. The summed E-state index contributed by atoms with van der Waals surface area (Å²) in [4.78, 5) is 12.9. The number of aromatic hydroxyl groups is 2. The number of benzene rings is 2. The Bertz CT molecular complexity index is 1200. The minimum Gasteiger partial charge on any atom is -0.494 e. The lowest BCUT2D eigenvalue weighted by atomic mass is 10.2. The first-order valence-corrected chi connectivity index (χ1v) is 9.57. The summed E-state index contributed by atoms with van der Waals surface area (Å²) in [5.74, 6) is -0.577. The molecule has 0 aliphatic rings. The highest BCUT2D eigenvalue weighted by molar-refractivity contribution is 7.18. The van der Waals surface area contributed by atoms with Crippen LogP contribution in [0.3, 0.4) is 0 Å². The van der Waals surface area contributed by atoms with Gasteiger partial charge in [-0.3, -0.25) is 9.36 Å². The van der Waals surface area contributed by atoms with E-state index in [0.29, 0.717) is 31.4 Å². The fraction of sp³-hybridized carbons (Fsp3) is 0.0500. The molecule has 2 aromatic heterocycles. The Morgan fingerprint density at radius 3 is 2.61 bits per heavy atom. The van der Waals surface area contributed by atoms with E-state index in [-0.39, 0.29) is 24.2 Å². The van der Waals surface area contributed by atoms with Gasteiger partial charge in [0.1, 0.15) is 0 Å². The van der Waals surface area contributed by atoms with E-state index in [0.717, 1.165) is 16.9 Å². The second-order valence-corrected chi connectivity index (χ2v) is 7.98. The summed E-state index contributed by atoms with van der Waals surface area (Å²) in [5.41, 5.74) is 7.62. The lowest BCUT2D eigenvalue weighted by Crippen LogP contribution is -2.10. The van der Waals surface area contributed by atoms with Gasteiger partial charge in [0.2, 0.25) is 11.8 Å². The zero-order valence-corrected chi connectivity index (χ0v) is 16.1. The van der Waals surface area contributed by atoms with Gasteiger partial charge in [-0.1, -0.05) is 29.8 Å². The molecule has 0 radical (unpaired) electrons. The van der Waals surface area contributed by atoms with Gasteiger partial charge in [-0.15, -0.1) is 11.3 Å². The minimum atomic E-state index is -0.341. The largest absolute Gasteiger partial charge is 0.494 e. The molecule has 4 rings (SSSR count). The van der Waals surface area contributed by atoms with Crippen molar-refractivity contribution in [3.8, 4) is 11.8 Å². The van der Waals surface area contributed by atoms with E-state index >= 15 is 0 Å². The maximum Gasteiger partial charge on any atom is 0.265 e. The SMILES string of the molecule is Nc1cccc(Cn2c(O)c3cccc(NC(=O)c4ccc(Cl)s4)c3c2O)c1. The Kier molecular flexibility index (Phi) is 4.62. The number of anilines is 2. The van der Waals surface area contributed by atoms with Gasteiger partial charge in [-0.2, -0.15) is 0 Å². The van der Waals surface area contributed by atoms with Crippen LogP contribution in [0.2, 0.25) is 4.34 Å². The fourth-order valence-corrected chi connectivity index (χ4v) is 4.05. The summed E-state index contributed by atoms with van der Waals surface area (Å²) in [6.07, 6.45) is 0. The number of nitrogens with two attached hydrogens (primary N) is 1. The molecule has 0 spiro atoms. The number of halogens is 1. The number of rotatable bonds is 4. The maximum atomic E-state index is 12.5. The molecule has 0 atom stereocenters. The number of hydrogen-bond acceptors (Lipinski definition) is 5. The van der Waals surface area contributed by atoms with Crippen molar-refractivity contribution in [3.05, 3.63) is 69.4 Å². The van der Waals surface area contributed by atoms with Crippen LogP contribution in [0.15, 0.2) is 54.6 Å². The molecule has 142 valence electrons. The summed E-state index contributed by atoms with van der Waals surface area (Å²) in [7, 11) is 0. The molecule has 8 heteroatoms. The van der Waals surface area contributed by atoms with Gasteiger partial charge in [-0.25, -0.2) is 0 Å². The summed E-state index contributed by atoms with van der Waals surface area (Å²) >= 11 is 7.05. The lowest BCUT2D eigenvalue weighted by Gasteiger charge is -2.08. The van der Waals surface area contributed by atoms with Crippen LogP contribution in [-0.2, 0) is 6.54 Å². The number of fused-ring (bicyclic) bond motifs is 1. The number of amides is 1. The molecule has 0 saturated carbocycles. The predicted molar refractivity (Wildman–Crippen MR) is 113 cm³/mol. The van der Waals surface area contributed by atoms with Crippen molar-refractivity contribution in [2.75, 3.05) is 11.1 Å². The summed E-state index contributed by atoms with van der Waals surface area (Å²) in [5, 5.41) is 25.0. The first-order chi connectivity index (χ1) is 13.4. The minimum absolute atomic E-state index is 0.0924. The van der Waals surface area contributed by atoms with Gasteiger partial charge in [0.25, 0.3) is 5.91 Å². The van der Waals surface area contributed by atoms with Crippen LogP contribution in [0.4, 0.5) is 11.4 Å². The van der Waals surface area contributed by atoms with E-state index in [4.69, 9.17) is 17.3 Å². The van der Waals surface area contributed by atoms with Crippen LogP contribution in [-0.4, -0.2) is 20.7 Å². The molecule has 28 heavy (non-hydrogen) atoms. The number of thiophene rings is 1. The number of nitrogens with one attached hydrogen (secondary N) is 1. The number of nitrogens with zero attached hydrogens (tertiary/aromatic N) is 1. The molecule has 5 N–H and O–H groups in total. The highest BCUT2D eigenvalue weighted by Crippen LogP contribution is 2.41. The van der Waals surface area contributed by atoms with Crippen molar-refractivity contribution in [1.29, 1.82) is 0 Å². The van der Waals surface area contributed by atoms with E-state index in [1.807, 2.05) is 6.07 Å². The molecular weight excluding hydrogens is 398 g/mol. The average molecular weight is 414 g/mol. The molecule has 6 nitrogen and oxygen atoms in total. The molecule has 4 aromatic rings. The molecular formula is C20H16ClN3O3S. The summed E-state index contributed by atoms with van der Waals surface area (Å²) < 4.78 is 1.88. The third-order valence-electron chi connectivity index (χ3n) is 4.38. The standard InChI is InChI=1S/C20H16ClN3O3S/c21-16-8-7-15(28-16)18(25)23-14-6-2-5-13-17(14)20(27)24(19(13)26)10-11-3-1-4-12(22)9-11/h1-9,26-27H,10,22H2,(H,23,25). The van der Waals surface area contributed by atoms with Crippen molar-refractivity contribution >= 4 is 51.0 Å². The second kappa shape index (κ2) is 7.10. The van der Waals surface area contributed by atoms with Crippen LogP contribution in [0.25, 0.3) is 10.8 Å². The van der Waals surface area contributed by atoms with Crippen molar-refractivity contribution in [2.45, 2.75) is 6.54 Å². The van der Waals surface area contributed by atoms with Crippen molar-refractivity contribution in [1.82, 2.24) is 4.57 Å². The predicted octanol–water partition coefficient (Wildman–Crippen LogP) is 4.65. The van der Waals surface area contributed by atoms with Gasteiger partial charge in [0.15, 0.2) is 0 Å². The fourth-order valence-electron chi connectivity index (χ4n) is 3.11. The Morgan fingerprint density at radius 1 is 1.11 bits per heavy atom. The molecule has 0 aliphatic carbocycles. The van der Waals surface area contributed by atoms with Gasteiger partial charge >= 0.3 is 0 Å². The Balaban J connectivity index is 1.74. The van der Waals surface area contributed by atoms with Crippen LogP contribution in [0, 0.1) is 0 Å². The zero-order valence-electron chi connectivity index (χ0n) is 14.5. The smallest absolute Gasteiger partial charge is 0.265 e. The number of aromatic nitrogens is 1. The molecule has 0 aliphatic heterocycles. The van der Waals surface area contributed by atoms with Crippen molar-refractivity contribution in [3.63, 3.8) is 0 Å². The third-order valence-corrected chi connectivity index (χ3v) is 5.61. The van der Waals surface area contributed by atoms with Crippen LogP contribution in [0.1, 0.15) is 15.2 Å². The molecule has 2 aromatic carbocycles. The first-order valence-electron chi connectivity index (χ1n) is 8.38. The molecule has 0 bridgehead atoms. The maximum absolute atomic E-state index is 12.5. The topological polar surface area (TPSA) is 101 Å². The molecule has 0 fully saturated rings. The lowest BCUT2D eigenvalue weighted by molar-refractivity contribution is 0.103. The molecule has 2 heterocycles. The Hall–Kier alpha value is -3.16. The average Bonchev–Trinajstić information content (AvgIpc) is 3.20. The number of carbonyl (C=O) groups is 1. The van der Waals surface area contributed by atoms with Crippen molar-refractivity contribution in [2.24, 2.45) is 0 Å². The van der Waals surface area contributed by atoms with E-state index in [2.05, 4.69) is 5.32 Å². The number of nitrogen functional groups attached to an aromatic ring is 1. The molecule has 0 unspecified atom stereocenters. The van der Waals surface area contributed by atoms with Crippen LogP contribution >= 0.6 is 22.9 Å². The number of carbonyl (C=O) groups excluding carboxylic acids is 1. The molecule has 1 amide bonds. The highest BCUT2D eigenvalue weighted by atomic mass is 35.5. The second-order valence-electron chi connectivity index (χ2n) is 6.26. The zero-order chi connectivity index (χ0) is 19.8. The summed E-state index contributed by atoms with van der Waals surface area (Å²) in [6.45, 7) is 0.227. The normalized spacial score (nSPS) is 11.0. The first kappa shape index (κ1) is 18.2. The van der Waals surface area contributed by atoms with E-state index in [1.165, 1.54) is 4.57 Å². The Morgan fingerprint density at radius 2 is 1.89 bits per heavy atom. The van der Waals surface area contributed by atoms with Crippen molar-refractivity contribution < 1.29 is 15.0 Å². The van der Waals surface area contributed by atoms with Crippen LogP contribution in [0.5, 0.6) is 11.8 Å². The quantitative estimate of drug-likeness (QED) is 0.366. The monoisotopic (exact) mass is 413 g/mol. The van der Waals surface area contributed by atoms with E-state index in [9.17, 15) is 15.0 Å². The van der Waals surface area contributed by atoms with Gasteiger partial charge in [-0.05, 0) is 42.0 Å². The van der Waals surface area contributed by atoms with Gasteiger partial charge in [0.05, 0.1) is 26.8 Å².